The number of rotatable bonds is 13. The number of aliphatic hydroxyl groups is 2. The fourth-order valence-corrected chi connectivity index (χ4v) is 1.05. The molecule has 0 fully saturated rings. The molecule has 0 aliphatic rings. The van der Waals surface area contributed by atoms with Gasteiger partial charge in [-0.1, -0.05) is 0 Å². The predicted octanol–water partition coefficient (Wildman–Crippen LogP) is -0.684. The summed E-state index contributed by atoms with van der Waals surface area (Å²) in [5, 5.41) is 17.8. The Hall–Kier alpha value is 0.510. The van der Waals surface area contributed by atoms with E-state index in [-0.39, 0.29) is 35.7 Å². The average Bonchev–Trinajstić information content (AvgIpc) is 2.29. The smallest absolute Gasteiger partial charge is 0.0824 e. The van der Waals surface area contributed by atoms with Crippen molar-refractivity contribution in [3.63, 3.8) is 0 Å². The summed E-state index contributed by atoms with van der Waals surface area (Å²) in [6, 6.07) is 0. The summed E-state index contributed by atoms with van der Waals surface area (Å²) < 4.78 is 20.7. The van der Waals surface area contributed by atoms with Crippen molar-refractivity contribution < 1.29 is 34.6 Å². The minimum absolute atomic E-state index is 0. The molecule has 0 aromatic heterocycles. The average molecular weight is 410 g/mol. The third-order valence-electron chi connectivity index (χ3n) is 1.81. The Labute approximate surface area is 137 Å². The van der Waals surface area contributed by atoms with Crippen LogP contribution < -0.4 is 0 Å². The maximum atomic E-state index is 9.37. The van der Waals surface area contributed by atoms with Gasteiger partial charge in [0.05, 0.1) is 65.1 Å². The molecule has 20 heavy (non-hydrogen) atoms. The van der Waals surface area contributed by atoms with Crippen molar-refractivity contribution in [1.82, 2.24) is 0 Å². The Morgan fingerprint density at radius 2 is 1.10 bits per heavy atom. The van der Waals surface area contributed by atoms with Crippen molar-refractivity contribution in [1.29, 1.82) is 0 Å². The SMILES string of the molecule is CC(C)(O)COCCOCCOCCOCCO.[O].[Te]. The van der Waals surface area contributed by atoms with E-state index in [4.69, 9.17) is 24.1 Å². The van der Waals surface area contributed by atoms with Crippen molar-refractivity contribution in [2.45, 2.75) is 19.4 Å². The van der Waals surface area contributed by atoms with Crippen molar-refractivity contribution in [2.75, 3.05) is 59.5 Å². The molecule has 0 unspecified atom stereocenters. The van der Waals surface area contributed by atoms with E-state index in [9.17, 15) is 5.11 Å². The summed E-state index contributed by atoms with van der Waals surface area (Å²) in [7, 11) is 0. The van der Waals surface area contributed by atoms with Crippen molar-refractivity contribution in [3.05, 3.63) is 0 Å². The fraction of sp³-hybridized carbons (Fsp3) is 1.00. The van der Waals surface area contributed by atoms with Gasteiger partial charge in [-0.2, -0.15) is 0 Å². The maximum Gasteiger partial charge on any atom is 0.0824 e. The molecule has 0 saturated heterocycles. The molecule has 2 N–H and O–H groups in total. The van der Waals surface area contributed by atoms with E-state index in [1.165, 1.54) is 0 Å². The van der Waals surface area contributed by atoms with E-state index in [1.54, 1.807) is 13.8 Å². The van der Waals surface area contributed by atoms with E-state index in [0.717, 1.165) is 0 Å². The Balaban J connectivity index is -0.00000144. The molecule has 0 spiro atoms. The standard InChI is InChI=1S/C12H26O6.O.Te/c1-12(2,14)11-18-10-9-17-8-7-16-6-5-15-4-3-13;;/h13-14H,3-11H2,1-2H3;;. The number of ether oxygens (including phenoxy) is 4. The van der Waals surface area contributed by atoms with Crippen molar-refractivity contribution in [2.24, 2.45) is 0 Å². The molecule has 0 bridgehead atoms. The summed E-state index contributed by atoms with van der Waals surface area (Å²) in [4.78, 5) is 0. The summed E-state index contributed by atoms with van der Waals surface area (Å²) in [5.74, 6) is 0. The molecule has 0 aromatic rings. The normalized spacial score (nSPS) is 10.8. The van der Waals surface area contributed by atoms with Crippen molar-refractivity contribution in [3.8, 4) is 0 Å². The predicted molar refractivity (Wildman–Crippen MR) is 73.1 cm³/mol. The summed E-state index contributed by atoms with van der Waals surface area (Å²) in [6.45, 7) is 7.01. The topological polar surface area (TPSA) is 106 Å². The molecule has 4 radical (unpaired) electrons. The zero-order chi connectivity index (χ0) is 13.7. The van der Waals surface area contributed by atoms with Crippen LogP contribution in [-0.4, -0.2) is 98.9 Å². The van der Waals surface area contributed by atoms with Crippen LogP contribution in [0.4, 0.5) is 0 Å². The first-order valence-electron chi connectivity index (χ1n) is 6.20. The summed E-state index contributed by atoms with van der Waals surface area (Å²) in [5.41, 5.74) is -0.794. The zero-order valence-electron chi connectivity index (χ0n) is 12.2. The van der Waals surface area contributed by atoms with Gasteiger partial charge in [0.2, 0.25) is 0 Å². The minimum Gasteiger partial charge on any atom is -0.394 e. The van der Waals surface area contributed by atoms with Crippen LogP contribution in [0.2, 0.25) is 0 Å². The molecule has 0 amide bonds. The van der Waals surface area contributed by atoms with Crippen LogP contribution >= 0.6 is 0 Å². The van der Waals surface area contributed by atoms with Crippen molar-refractivity contribution >= 4 is 23.7 Å². The summed E-state index contributed by atoms with van der Waals surface area (Å²) >= 11 is 0. The Bertz CT molecular complexity index is 176. The molecule has 0 saturated carbocycles. The molecule has 122 valence electrons. The molecule has 0 atom stereocenters. The van der Waals surface area contributed by atoms with Gasteiger partial charge in [0.15, 0.2) is 0 Å². The van der Waals surface area contributed by atoms with Gasteiger partial charge in [0.1, 0.15) is 0 Å². The Morgan fingerprint density at radius 3 is 1.45 bits per heavy atom. The molecule has 0 aliphatic carbocycles. The van der Waals surface area contributed by atoms with Crippen LogP contribution in [0, 0.1) is 0 Å². The van der Waals surface area contributed by atoms with Gasteiger partial charge in [0.25, 0.3) is 0 Å². The van der Waals surface area contributed by atoms with Crippen LogP contribution in [0.3, 0.4) is 0 Å². The Morgan fingerprint density at radius 1 is 0.750 bits per heavy atom. The van der Waals surface area contributed by atoms with Crippen LogP contribution in [0.15, 0.2) is 0 Å². The number of hydrogen-bond donors (Lipinski definition) is 2. The minimum atomic E-state index is -0.794. The van der Waals surface area contributed by atoms with Crippen LogP contribution in [0.5, 0.6) is 0 Å². The molecule has 8 heteroatoms. The number of hydrogen-bond acceptors (Lipinski definition) is 6. The Kier molecular flexibility index (Phi) is 22.4. The van der Waals surface area contributed by atoms with E-state index < -0.39 is 5.60 Å². The quantitative estimate of drug-likeness (QED) is 0.308. The van der Waals surface area contributed by atoms with E-state index in [1.807, 2.05) is 0 Å². The third kappa shape index (κ3) is 23.6. The molecule has 0 aliphatic heterocycles. The maximum absolute atomic E-state index is 9.37. The molecule has 0 aromatic carbocycles. The second kappa shape index (κ2) is 17.6. The number of aliphatic hydroxyl groups excluding tert-OH is 1. The van der Waals surface area contributed by atoms with Gasteiger partial charge in [-0.25, -0.2) is 0 Å². The first-order chi connectivity index (χ1) is 8.56. The van der Waals surface area contributed by atoms with Gasteiger partial charge in [-0.3, -0.25) is 0 Å². The largest absolute Gasteiger partial charge is 0.394 e. The van der Waals surface area contributed by atoms with Gasteiger partial charge >= 0.3 is 0 Å². The summed E-state index contributed by atoms with van der Waals surface area (Å²) in [6.07, 6.45) is 0. The van der Waals surface area contributed by atoms with E-state index in [0.29, 0.717) is 52.9 Å². The molecular formula is C12H26O7Te. The second-order valence-corrected chi connectivity index (χ2v) is 4.43. The molecule has 0 heterocycles. The monoisotopic (exact) mass is 412 g/mol. The van der Waals surface area contributed by atoms with Gasteiger partial charge in [-0.05, 0) is 13.8 Å². The molecular weight excluding hydrogens is 384 g/mol. The molecule has 7 nitrogen and oxygen atoms in total. The zero-order valence-corrected chi connectivity index (χ0v) is 14.5. The first kappa shape index (κ1) is 25.5. The van der Waals surface area contributed by atoms with Crippen LogP contribution in [0.1, 0.15) is 13.8 Å². The van der Waals surface area contributed by atoms with Crippen LogP contribution in [-0.2, 0) is 24.4 Å². The van der Waals surface area contributed by atoms with Gasteiger partial charge in [0, 0.05) is 29.1 Å². The van der Waals surface area contributed by atoms with Gasteiger partial charge < -0.3 is 29.2 Å². The van der Waals surface area contributed by atoms with Crippen LogP contribution in [0.25, 0.3) is 0 Å². The van der Waals surface area contributed by atoms with E-state index >= 15 is 0 Å². The second-order valence-electron chi connectivity index (χ2n) is 4.43. The first-order valence-corrected chi connectivity index (χ1v) is 6.20. The fourth-order valence-electron chi connectivity index (χ4n) is 1.05. The van der Waals surface area contributed by atoms with E-state index in [2.05, 4.69) is 0 Å². The third-order valence-corrected chi connectivity index (χ3v) is 1.81. The molecule has 0 rings (SSSR count). The van der Waals surface area contributed by atoms with Gasteiger partial charge in [-0.15, -0.1) is 0 Å².